The smallest absolute Gasteiger partial charge is 0.223 e. The van der Waals surface area contributed by atoms with Gasteiger partial charge in [0.15, 0.2) is 0 Å². The third-order valence-corrected chi connectivity index (χ3v) is 3.92. The summed E-state index contributed by atoms with van der Waals surface area (Å²) in [5.74, 6) is 0.456. The van der Waals surface area contributed by atoms with Crippen LogP contribution >= 0.6 is 23.2 Å². The summed E-state index contributed by atoms with van der Waals surface area (Å²) in [7, 11) is 0. The standard InChI is InChI=1S/C13H16Cl2N2O/c14-11-3-2-8(6-12(11)15)9-7-10(9)13(18)17-5-1-4-16/h2-3,6,9-10H,1,4-5,7,16H2,(H,17,18). The molecule has 18 heavy (non-hydrogen) atoms. The third-order valence-electron chi connectivity index (χ3n) is 3.18. The predicted molar refractivity (Wildman–Crippen MR) is 74.0 cm³/mol. The highest BCUT2D eigenvalue weighted by Crippen LogP contribution is 2.48. The number of hydrogen-bond acceptors (Lipinski definition) is 2. The highest BCUT2D eigenvalue weighted by atomic mass is 35.5. The maximum Gasteiger partial charge on any atom is 0.223 e. The Morgan fingerprint density at radius 2 is 2.17 bits per heavy atom. The molecule has 0 aromatic heterocycles. The monoisotopic (exact) mass is 286 g/mol. The Bertz CT molecular complexity index is 451. The average molecular weight is 287 g/mol. The van der Waals surface area contributed by atoms with E-state index in [1.165, 1.54) is 0 Å². The topological polar surface area (TPSA) is 55.1 Å². The number of carbonyl (C=O) groups excluding carboxylic acids is 1. The Kier molecular flexibility index (Phi) is 4.49. The maximum absolute atomic E-state index is 11.8. The van der Waals surface area contributed by atoms with Crippen LogP contribution in [0.15, 0.2) is 18.2 Å². The van der Waals surface area contributed by atoms with E-state index in [0.717, 1.165) is 18.4 Å². The van der Waals surface area contributed by atoms with Gasteiger partial charge >= 0.3 is 0 Å². The molecule has 1 aliphatic rings. The lowest BCUT2D eigenvalue weighted by Gasteiger charge is -2.04. The normalized spacial score (nSPS) is 21.7. The van der Waals surface area contributed by atoms with Crippen molar-refractivity contribution in [1.82, 2.24) is 5.32 Å². The number of hydrogen-bond donors (Lipinski definition) is 2. The lowest BCUT2D eigenvalue weighted by Crippen LogP contribution is -2.27. The van der Waals surface area contributed by atoms with Gasteiger partial charge in [-0.25, -0.2) is 0 Å². The van der Waals surface area contributed by atoms with Crippen molar-refractivity contribution in [3.63, 3.8) is 0 Å². The van der Waals surface area contributed by atoms with Crippen LogP contribution in [0.5, 0.6) is 0 Å². The van der Waals surface area contributed by atoms with Crippen LogP contribution in [0.3, 0.4) is 0 Å². The Labute approximate surface area is 117 Å². The highest BCUT2D eigenvalue weighted by Gasteiger charge is 2.43. The van der Waals surface area contributed by atoms with E-state index in [1.54, 1.807) is 6.07 Å². The van der Waals surface area contributed by atoms with Gasteiger partial charge in [-0.05, 0) is 43.0 Å². The van der Waals surface area contributed by atoms with Gasteiger partial charge in [-0.15, -0.1) is 0 Å². The quantitative estimate of drug-likeness (QED) is 0.818. The molecule has 0 saturated heterocycles. The molecular weight excluding hydrogens is 271 g/mol. The summed E-state index contributed by atoms with van der Waals surface area (Å²) >= 11 is 11.8. The Hall–Kier alpha value is -0.770. The number of rotatable bonds is 5. The van der Waals surface area contributed by atoms with Crippen LogP contribution in [0.1, 0.15) is 24.3 Å². The van der Waals surface area contributed by atoms with Crippen LogP contribution in [0.2, 0.25) is 10.0 Å². The zero-order valence-electron chi connectivity index (χ0n) is 9.96. The van der Waals surface area contributed by atoms with Gasteiger partial charge in [0, 0.05) is 12.5 Å². The lowest BCUT2D eigenvalue weighted by atomic mass is 10.1. The second-order valence-corrected chi connectivity index (χ2v) is 5.37. The number of amides is 1. The molecule has 2 atom stereocenters. The summed E-state index contributed by atoms with van der Waals surface area (Å²) in [5.41, 5.74) is 6.46. The van der Waals surface area contributed by atoms with Crippen molar-refractivity contribution in [3.8, 4) is 0 Å². The molecule has 1 fully saturated rings. The summed E-state index contributed by atoms with van der Waals surface area (Å²) < 4.78 is 0. The number of nitrogens with two attached hydrogens (primary N) is 1. The summed E-state index contributed by atoms with van der Waals surface area (Å²) in [6.45, 7) is 1.25. The fourth-order valence-corrected chi connectivity index (χ4v) is 2.35. The molecule has 1 aromatic carbocycles. The van der Waals surface area contributed by atoms with Gasteiger partial charge < -0.3 is 11.1 Å². The van der Waals surface area contributed by atoms with Gasteiger partial charge in [0.2, 0.25) is 5.91 Å². The summed E-state index contributed by atoms with van der Waals surface area (Å²) in [5, 5.41) is 3.98. The SMILES string of the molecule is NCCCNC(=O)C1CC1c1ccc(Cl)c(Cl)c1. The van der Waals surface area contributed by atoms with Crippen molar-refractivity contribution in [3.05, 3.63) is 33.8 Å². The fourth-order valence-electron chi connectivity index (χ4n) is 2.04. The van der Waals surface area contributed by atoms with Crippen molar-refractivity contribution in [2.45, 2.75) is 18.8 Å². The van der Waals surface area contributed by atoms with Crippen molar-refractivity contribution in [2.24, 2.45) is 11.7 Å². The summed E-state index contributed by atoms with van der Waals surface area (Å²) in [6, 6.07) is 5.56. The number of benzene rings is 1. The molecule has 1 saturated carbocycles. The van der Waals surface area contributed by atoms with Gasteiger partial charge in [-0.1, -0.05) is 29.3 Å². The highest BCUT2D eigenvalue weighted by molar-refractivity contribution is 6.42. The van der Waals surface area contributed by atoms with E-state index in [9.17, 15) is 4.79 Å². The first-order chi connectivity index (χ1) is 8.63. The number of nitrogens with one attached hydrogen (secondary N) is 1. The van der Waals surface area contributed by atoms with Crippen molar-refractivity contribution >= 4 is 29.1 Å². The zero-order chi connectivity index (χ0) is 13.1. The van der Waals surface area contributed by atoms with E-state index in [4.69, 9.17) is 28.9 Å². The first-order valence-electron chi connectivity index (χ1n) is 6.06. The summed E-state index contributed by atoms with van der Waals surface area (Å²) in [6.07, 6.45) is 1.70. The first kappa shape index (κ1) is 13.7. The molecule has 0 spiro atoms. The molecule has 2 rings (SSSR count). The molecule has 0 heterocycles. The molecule has 2 unspecified atom stereocenters. The molecule has 3 N–H and O–H groups in total. The Morgan fingerprint density at radius 3 is 2.83 bits per heavy atom. The Balaban J connectivity index is 1.90. The van der Waals surface area contributed by atoms with Crippen LogP contribution in [-0.4, -0.2) is 19.0 Å². The van der Waals surface area contributed by atoms with Crippen LogP contribution < -0.4 is 11.1 Å². The minimum atomic E-state index is 0.0695. The van der Waals surface area contributed by atoms with Gasteiger partial charge in [-0.3, -0.25) is 4.79 Å². The van der Waals surface area contributed by atoms with Crippen LogP contribution in [0, 0.1) is 5.92 Å². The van der Waals surface area contributed by atoms with Gasteiger partial charge in [0.1, 0.15) is 0 Å². The fraction of sp³-hybridized carbons (Fsp3) is 0.462. The minimum absolute atomic E-state index is 0.0695. The van der Waals surface area contributed by atoms with Gasteiger partial charge in [0.05, 0.1) is 10.0 Å². The second kappa shape index (κ2) is 5.91. The number of carbonyl (C=O) groups is 1. The van der Waals surface area contributed by atoms with Gasteiger partial charge in [0.25, 0.3) is 0 Å². The molecule has 0 aliphatic heterocycles. The average Bonchev–Trinajstić information content (AvgIpc) is 3.13. The summed E-state index contributed by atoms with van der Waals surface area (Å²) in [4.78, 5) is 11.8. The van der Waals surface area contributed by atoms with E-state index in [2.05, 4.69) is 5.32 Å². The molecule has 1 aromatic rings. The second-order valence-electron chi connectivity index (χ2n) is 4.56. The largest absolute Gasteiger partial charge is 0.356 e. The van der Waals surface area contributed by atoms with Crippen LogP contribution in [-0.2, 0) is 4.79 Å². The van der Waals surface area contributed by atoms with Gasteiger partial charge in [-0.2, -0.15) is 0 Å². The number of halogens is 2. The van der Waals surface area contributed by atoms with E-state index in [0.29, 0.717) is 23.1 Å². The van der Waals surface area contributed by atoms with Crippen molar-refractivity contribution < 1.29 is 4.79 Å². The molecule has 3 nitrogen and oxygen atoms in total. The zero-order valence-corrected chi connectivity index (χ0v) is 11.5. The predicted octanol–water partition coefficient (Wildman–Crippen LogP) is 2.56. The van der Waals surface area contributed by atoms with Crippen molar-refractivity contribution in [2.75, 3.05) is 13.1 Å². The van der Waals surface area contributed by atoms with Crippen LogP contribution in [0.25, 0.3) is 0 Å². The van der Waals surface area contributed by atoms with Crippen molar-refractivity contribution in [1.29, 1.82) is 0 Å². The third kappa shape index (κ3) is 3.16. The maximum atomic E-state index is 11.8. The van der Waals surface area contributed by atoms with E-state index < -0.39 is 0 Å². The molecule has 5 heteroatoms. The van der Waals surface area contributed by atoms with E-state index >= 15 is 0 Å². The molecule has 0 radical (unpaired) electrons. The minimum Gasteiger partial charge on any atom is -0.356 e. The van der Waals surface area contributed by atoms with E-state index in [-0.39, 0.29) is 17.7 Å². The lowest BCUT2D eigenvalue weighted by molar-refractivity contribution is -0.122. The molecular formula is C13H16Cl2N2O. The molecule has 1 aliphatic carbocycles. The molecule has 0 bridgehead atoms. The molecule has 98 valence electrons. The van der Waals surface area contributed by atoms with Crippen LogP contribution in [0.4, 0.5) is 0 Å². The molecule has 1 amide bonds. The Morgan fingerprint density at radius 1 is 1.39 bits per heavy atom. The first-order valence-corrected chi connectivity index (χ1v) is 6.82. The van der Waals surface area contributed by atoms with E-state index in [1.807, 2.05) is 12.1 Å².